The molecule has 43 heavy (non-hydrogen) atoms. The van der Waals surface area contributed by atoms with E-state index >= 15 is 0 Å². The van der Waals surface area contributed by atoms with Crippen LogP contribution in [-0.2, 0) is 24.3 Å². The topological polar surface area (TPSA) is 102 Å². The number of hydrogen-bond donors (Lipinski definition) is 2. The Labute approximate surface area is 267 Å². The zero-order valence-electron chi connectivity index (χ0n) is 30.4. The van der Waals surface area contributed by atoms with Gasteiger partial charge >= 0.3 is 11.9 Å². The van der Waals surface area contributed by atoms with E-state index in [4.69, 9.17) is 20.1 Å². The molecule has 0 saturated carbocycles. The summed E-state index contributed by atoms with van der Waals surface area (Å²) in [6.45, 7) is 22.2. The number of carbonyl (C=O) groups is 2. The summed E-state index contributed by atoms with van der Waals surface area (Å²) in [7, 11) is 0. The molecule has 0 aromatic heterocycles. The minimum Gasteiger partial charge on any atom is -0.481 e. The average molecular weight is 619 g/mol. The lowest BCUT2D eigenvalue weighted by molar-refractivity contribution is -0.393. The molecule has 7 heteroatoms. The molecule has 0 aliphatic rings. The van der Waals surface area contributed by atoms with Crippen molar-refractivity contribution >= 4 is 11.9 Å². The minimum absolute atomic E-state index is 0.152. The lowest BCUT2D eigenvalue weighted by Crippen LogP contribution is -2.29. The Morgan fingerprint density at radius 3 is 1.16 bits per heavy atom. The lowest BCUT2D eigenvalue weighted by Gasteiger charge is -2.27. The standard InChI is InChI=1S/C16H32O3.C12H24O2.C8H18O2/c1-5-6-7-8-9-10-11-12-13-14(15(17)19-18)16(2,3)4;1-2-3-4-5-6-7-8-9-10-11-12(13)14;1-7(2,3)9-10-8(4,5)6/h14,18H,5-13H2,1-4H3;2-11H2,1H3,(H,13,14);1-6H3. The van der Waals surface area contributed by atoms with Gasteiger partial charge in [0.25, 0.3) is 0 Å². The number of carbonyl (C=O) groups excluding carboxylic acids is 1. The Kier molecular flexibility index (Phi) is 30.4. The van der Waals surface area contributed by atoms with Gasteiger partial charge in [-0.3, -0.25) is 4.79 Å². The molecule has 0 spiro atoms. The van der Waals surface area contributed by atoms with Crippen molar-refractivity contribution < 1.29 is 34.6 Å². The highest BCUT2D eigenvalue weighted by Crippen LogP contribution is 2.31. The summed E-state index contributed by atoms with van der Waals surface area (Å²) in [5.74, 6) is -1.36. The fourth-order valence-electron chi connectivity index (χ4n) is 4.29. The molecule has 0 saturated heterocycles. The van der Waals surface area contributed by atoms with Gasteiger partial charge in [0, 0.05) is 6.42 Å². The van der Waals surface area contributed by atoms with E-state index in [0.717, 1.165) is 32.1 Å². The van der Waals surface area contributed by atoms with Crippen LogP contribution in [0.2, 0.25) is 0 Å². The van der Waals surface area contributed by atoms with Crippen LogP contribution in [-0.4, -0.2) is 33.5 Å². The fourth-order valence-corrected chi connectivity index (χ4v) is 4.29. The molecule has 0 amide bonds. The maximum atomic E-state index is 11.5. The summed E-state index contributed by atoms with van der Waals surface area (Å²) in [5.41, 5.74) is -0.582. The number of rotatable bonds is 21. The molecule has 1 unspecified atom stereocenters. The zero-order chi connectivity index (χ0) is 33.8. The third-order valence-corrected chi connectivity index (χ3v) is 6.80. The number of aliphatic carboxylic acids is 1. The second-order valence-corrected chi connectivity index (χ2v) is 15.0. The first-order valence-corrected chi connectivity index (χ1v) is 17.3. The SMILES string of the molecule is CC(C)(C)OOC(C)(C)C.CCCCCCCCCCC(C(=O)OO)C(C)(C)C.CCCCCCCCCCCC(=O)O. The molecule has 0 heterocycles. The Morgan fingerprint density at radius 1 is 0.558 bits per heavy atom. The molecule has 1 atom stereocenters. The van der Waals surface area contributed by atoms with Gasteiger partial charge in [0.05, 0.1) is 17.1 Å². The third-order valence-electron chi connectivity index (χ3n) is 6.80. The van der Waals surface area contributed by atoms with Gasteiger partial charge in [-0.15, -0.1) is 0 Å². The van der Waals surface area contributed by atoms with Crippen molar-refractivity contribution in [3.8, 4) is 0 Å². The molecule has 0 aromatic rings. The second kappa shape index (κ2) is 28.3. The van der Waals surface area contributed by atoms with Crippen molar-refractivity contribution in [1.29, 1.82) is 0 Å². The number of carboxylic acids is 1. The third kappa shape index (κ3) is 40.8. The predicted molar refractivity (Wildman–Crippen MR) is 180 cm³/mol. The van der Waals surface area contributed by atoms with E-state index in [-0.39, 0.29) is 22.5 Å². The van der Waals surface area contributed by atoms with Gasteiger partial charge in [0.2, 0.25) is 0 Å². The fraction of sp³-hybridized carbons (Fsp3) is 0.944. The van der Waals surface area contributed by atoms with Crippen LogP contribution in [0, 0.1) is 11.3 Å². The number of unbranched alkanes of at least 4 members (excludes halogenated alkanes) is 15. The van der Waals surface area contributed by atoms with Gasteiger partial charge < -0.3 is 9.99 Å². The molecular weight excluding hydrogens is 544 g/mol. The van der Waals surface area contributed by atoms with E-state index < -0.39 is 11.9 Å². The predicted octanol–water partition coefficient (Wildman–Crippen LogP) is 11.7. The van der Waals surface area contributed by atoms with Crippen LogP contribution < -0.4 is 0 Å². The average Bonchev–Trinajstić information content (AvgIpc) is 2.89. The van der Waals surface area contributed by atoms with E-state index in [1.54, 1.807) is 0 Å². The van der Waals surface area contributed by atoms with Crippen molar-refractivity contribution in [3.05, 3.63) is 0 Å². The van der Waals surface area contributed by atoms with Gasteiger partial charge in [0.15, 0.2) is 0 Å². The van der Waals surface area contributed by atoms with Gasteiger partial charge in [-0.1, -0.05) is 137 Å². The smallest absolute Gasteiger partial charge is 0.345 e. The number of hydrogen-bond acceptors (Lipinski definition) is 6. The van der Waals surface area contributed by atoms with E-state index in [1.807, 2.05) is 62.3 Å². The zero-order valence-corrected chi connectivity index (χ0v) is 30.4. The molecule has 0 aromatic carbocycles. The maximum Gasteiger partial charge on any atom is 0.345 e. The summed E-state index contributed by atoms with van der Waals surface area (Å²) in [4.78, 5) is 35.8. The second-order valence-electron chi connectivity index (χ2n) is 15.0. The van der Waals surface area contributed by atoms with Crippen LogP contribution in [0.25, 0.3) is 0 Å². The highest BCUT2D eigenvalue weighted by atomic mass is 17.2. The van der Waals surface area contributed by atoms with E-state index in [1.165, 1.54) is 83.5 Å². The van der Waals surface area contributed by atoms with Crippen LogP contribution in [0.3, 0.4) is 0 Å². The highest BCUT2D eigenvalue weighted by molar-refractivity contribution is 5.72. The Hall–Kier alpha value is -1.18. The molecule has 0 bridgehead atoms. The first kappa shape index (κ1) is 46.2. The largest absolute Gasteiger partial charge is 0.481 e. The monoisotopic (exact) mass is 619 g/mol. The summed E-state index contributed by atoms with van der Waals surface area (Å²) in [5, 5.41) is 17.0. The minimum atomic E-state index is -0.659. The van der Waals surface area contributed by atoms with Crippen LogP contribution in [0.4, 0.5) is 0 Å². The summed E-state index contributed by atoms with van der Waals surface area (Å²) >= 11 is 0. The van der Waals surface area contributed by atoms with Crippen molar-refractivity contribution in [2.45, 2.75) is 209 Å². The quantitative estimate of drug-likeness (QED) is 0.0749. The van der Waals surface area contributed by atoms with Crippen molar-refractivity contribution in [1.82, 2.24) is 0 Å². The van der Waals surface area contributed by atoms with Crippen LogP contribution >= 0.6 is 0 Å². The van der Waals surface area contributed by atoms with E-state index in [0.29, 0.717) is 6.42 Å². The van der Waals surface area contributed by atoms with Crippen molar-refractivity contribution in [3.63, 3.8) is 0 Å². The lowest BCUT2D eigenvalue weighted by atomic mass is 9.78. The van der Waals surface area contributed by atoms with Crippen molar-refractivity contribution in [2.24, 2.45) is 11.3 Å². The summed E-state index contributed by atoms with van der Waals surface area (Å²) in [6, 6.07) is 0. The van der Waals surface area contributed by atoms with E-state index in [9.17, 15) is 9.59 Å². The van der Waals surface area contributed by atoms with Gasteiger partial charge in [0.1, 0.15) is 0 Å². The molecule has 7 nitrogen and oxygen atoms in total. The summed E-state index contributed by atoms with van der Waals surface area (Å²) < 4.78 is 0. The molecule has 0 rings (SSSR count). The first-order chi connectivity index (χ1) is 19.9. The molecule has 0 aliphatic heterocycles. The number of carboxylic acid groups (broad SMARTS) is 1. The van der Waals surface area contributed by atoms with Crippen LogP contribution in [0.15, 0.2) is 0 Å². The maximum absolute atomic E-state index is 11.5. The first-order valence-electron chi connectivity index (χ1n) is 17.3. The molecule has 0 radical (unpaired) electrons. The Morgan fingerprint density at radius 2 is 0.884 bits per heavy atom. The normalized spacial score (nSPS) is 12.5. The molecule has 0 aliphatic carbocycles. The summed E-state index contributed by atoms with van der Waals surface area (Å²) in [6.07, 6.45) is 22.3. The van der Waals surface area contributed by atoms with Crippen molar-refractivity contribution in [2.75, 3.05) is 0 Å². The molecule has 2 N–H and O–H groups in total. The molecular formula is C36H74O7. The Bertz CT molecular complexity index is 613. The van der Waals surface area contributed by atoms with Gasteiger partial charge in [-0.25, -0.2) is 14.6 Å². The highest BCUT2D eigenvalue weighted by Gasteiger charge is 2.32. The van der Waals surface area contributed by atoms with Crippen LogP contribution in [0.1, 0.15) is 198 Å². The Balaban J connectivity index is -0.000000588. The molecule has 260 valence electrons. The molecule has 0 fully saturated rings. The van der Waals surface area contributed by atoms with E-state index in [2.05, 4.69) is 18.7 Å². The van der Waals surface area contributed by atoms with Gasteiger partial charge in [-0.2, -0.15) is 5.26 Å². The van der Waals surface area contributed by atoms with Gasteiger partial charge in [-0.05, 0) is 59.8 Å². The van der Waals surface area contributed by atoms with Crippen LogP contribution in [0.5, 0.6) is 0 Å².